The van der Waals surface area contributed by atoms with Crippen LogP contribution in [0.1, 0.15) is 11.1 Å². The molecule has 0 amide bonds. The molecule has 0 saturated carbocycles. The van der Waals surface area contributed by atoms with Crippen LogP contribution in [0.25, 0.3) is 22.2 Å². The van der Waals surface area contributed by atoms with Crippen LogP contribution in [0.5, 0.6) is 0 Å². The second kappa shape index (κ2) is 6.93. The Balaban J connectivity index is 1.78. The molecule has 0 saturated heterocycles. The van der Waals surface area contributed by atoms with Gasteiger partial charge >= 0.3 is 0 Å². The molecule has 0 aliphatic heterocycles. The Morgan fingerprint density at radius 2 is 1.85 bits per heavy atom. The van der Waals surface area contributed by atoms with Crippen molar-refractivity contribution in [2.24, 2.45) is 0 Å². The number of aryl methyl sites for hydroxylation is 1. The molecule has 134 valence electrons. The van der Waals surface area contributed by atoms with Gasteiger partial charge < -0.3 is 0 Å². The van der Waals surface area contributed by atoms with E-state index >= 15 is 0 Å². The zero-order chi connectivity index (χ0) is 19.0. The van der Waals surface area contributed by atoms with Gasteiger partial charge in [-0.2, -0.15) is 5.10 Å². The normalized spacial score (nSPS) is 11.1. The summed E-state index contributed by atoms with van der Waals surface area (Å²) in [6.45, 7) is 2.08. The van der Waals surface area contributed by atoms with Gasteiger partial charge in [0, 0.05) is 27.7 Å². The Bertz CT molecular complexity index is 1200. The van der Waals surface area contributed by atoms with Crippen LogP contribution in [0.3, 0.4) is 0 Å². The van der Waals surface area contributed by atoms with E-state index in [-0.39, 0.29) is 11.4 Å². The lowest BCUT2D eigenvalue weighted by Gasteiger charge is -2.10. The minimum Gasteiger partial charge on any atom is -0.268 e. The lowest BCUT2D eigenvalue weighted by atomic mass is 10.1. The fourth-order valence-electron chi connectivity index (χ4n) is 2.93. The third-order valence-corrected chi connectivity index (χ3v) is 4.59. The first kappa shape index (κ1) is 17.4. The van der Waals surface area contributed by atoms with Gasteiger partial charge in [-0.25, -0.2) is 9.07 Å². The number of fused-ring (bicyclic) bond motifs is 1. The molecule has 0 bridgehead atoms. The number of hydrogen-bond donors (Lipinski definition) is 0. The SMILES string of the molecule is Cc1cc(-c2cnc3ccc(F)cc3c2)nn(Cc2ccc(Cl)cc2)c1=O. The number of hydrogen-bond acceptors (Lipinski definition) is 3. The Morgan fingerprint density at radius 1 is 1.07 bits per heavy atom. The van der Waals surface area contributed by atoms with Crippen LogP contribution in [0, 0.1) is 12.7 Å². The first-order valence-electron chi connectivity index (χ1n) is 8.38. The Morgan fingerprint density at radius 3 is 2.63 bits per heavy atom. The molecule has 27 heavy (non-hydrogen) atoms. The van der Waals surface area contributed by atoms with Gasteiger partial charge in [0.25, 0.3) is 5.56 Å². The molecule has 0 fully saturated rings. The average Bonchev–Trinajstić information content (AvgIpc) is 2.66. The van der Waals surface area contributed by atoms with Crippen LogP contribution in [0.4, 0.5) is 4.39 Å². The molecular weight excluding hydrogens is 365 g/mol. The van der Waals surface area contributed by atoms with E-state index < -0.39 is 0 Å². The number of halogens is 2. The van der Waals surface area contributed by atoms with Gasteiger partial charge in [0.15, 0.2) is 0 Å². The van der Waals surface area contributed by atoms with E-state index in [1.807, 2.05) is 18.2 Å². The molecule has 0 spiro atoms. The molecule has 0 atom stereocenters. The van der Waals surface area contributed by atoms with Crippen LogP contribution in [0.15, 0.2) is 65.6 Å². The second-order valence-corrected chi connectivity index (χ2v) is 6.80. The van der Waals surface area contributed by atoms with Crippen LogP contribution >= 0.6 is 11.6 Å². The largest absolute Gasteiger partial charge is 0.270 e. The lowest BCUT2D eigenvalue weighted by Crippen LogP contribution is -2.25. The van der Waals surface area contributed by atoms with E-state index in [4.69, 9.17) is 11.6 Å². The van der Waals surface area contributed by atoms with E-state index in [0.717, 1.165) is 11.1 Å². The van der Waals surface area contributed by atoms with Crippen molar-refractivity contribution in [3.05, 3.63) is 93.1 Å². The zero-order valence-electron chi connectivity index (χ0n) is 14.5. The second-order valence-electron chi connectivity index (χ2n) is 6.36. The maximum atomic E-state index is 13.5. The molecular formula is C21H15ClFN3O. The summed E-state index contributed by atoms with van der Waals surface area (Å²) in [5.74, 6) is -0.321. The molecule has 0 unspecified atom stereocenters. The van der Waals surface area contributed by atoms with Crippen molar-refractivity contribution in [1.82, 2.24) is 14.8 Å². The predicted molar refractivity (Wildman–Crippen MR) is 104 cm³/mol. The Hall–Kier alpha value is -3.05. The molecule has 0 N–H and O–H groups in total. The first-order chi connectivity index (χ1) is 13.0. The monoisotopic (exact) mass is 379 g/mol. The van der Waals surface area contributed by atoms with Gasteiger partial charge in [0.05, 0.1) is 17.8 Å². The number of pyridine rings is 1. The molecule has 4 aromatic rings. The summed E-state index contributed by atoms with van der Waals surface area (Å²) in [5.41, 5.74) is 3.37. The highest BCUT2D eigenvalue weighted by atomic mass is 35.5. The average molecular weight is 380 g/mol. The van der Waals surface area contributed by atoms with Gasteiger partial charge in [-0.3, -0.25) is 9.78 Å². The summed E-state index contributed by atoms with van der Waals surface area (Å²) >= 11 is 5.92. The Kier molecular flexibility index (Phi) is 4.46. The molecule has 0 aliphatic rings. The summed E-state index contributed by atoms with van der Waals surface area (Å²) in [6, 6.07) is 15.3. The third-order valence-electron chi connectivity index (χ3n) is 4.34. The van der Waals surface area contributed by atoms with E-state index in [2.05, 4.69) is 10.1 Å². The molecule has 2 heterocycles. The van der Waals surface area contributed by atoms with Crippen molar-refractivity contribution in [2.45, 2.75) is 13.5 Å². The Labute approximate surface area is 159 Å². The maximum Gasteiger partial charge on any atom is 0.270 e. The molecule has 6 heteroatoms. The van der Waals surface area contributed by atoms with Crippen molar-refractivity contribution in [3.63, 3.8) is 0 Å². The van der Waals surface area contributed by atoms with Crippen molar-refractivity contribution in [1.29, 1.82) is 0 Å². The fraction of sp³-hybridized carbons (Fsp3) is 0.0952. The minimum absolute atomic E-state index is 0.159. The summed E-state index contributed by atoms with van der Waals surface area (Å²) in [6.07, 6.45) is 1.68. The fourth-order valence-corrected chi connectivity index (χ4v) is 3.05. The first-order valence-corrected chi connectivity index (χ1v) is 8.76. The van der Waals surface area contributed by atoms with Crippen LogP contribution in [-0.4, -0.2) is 14.8 Å². The highest BCUT2D eigenvalue weighted by molar-refractivity contribution is 6.30. The zero-order valence-corrected chi connectivity index (χ0v) is 15.2. The van der Waals surface area contributed by atoms with Crippen LogP contribution in [0.2, 0.25) is 5.02 Å². The molecule has 2 aromatic heterocycles. The molecule has 2 aromatic carbocycles. The van der Waals surface area contributed by atoms with Gasteiger partial charge in [0.2, 0.25) is 0 Å². The maximum absolute atomic E-state index is 13.5. The summed E-state index contributed by atoms with van der Waals surface area (Å²) in [7, 11) is 0. The molecule has 4 rings (SSSR count). The van der Waals surface area contributed by atoms with Gasteiger partial charge in [-0.05, 0) is 55.0 Å². The highest BCUT2D eigenvalue weighted by Crippen LogP contribution is 2.22. The number of nitrogens with zero attached hydrogens (tertiary/aromatic N) is 3. The molecule has 0 aliphatic carbocycles. The number of benzene rings is 2. The van der Waals surface area contributed by atoms with E-state index in [1.165, 1.54) is 16.8 Å². The quantitative estimate of drug-likeness (QED) is 0.522. The molecule has 0 radical (unpaired) electrons. The summed E-state index contributed by atoms with van der Waals surface area (Å²) < 4.78 is 14.9. The van der Waals surface area contributed by atoms with E-state index in [1.54, 1.807) is 37.4 Å². The minimum atomic E-state index is -0.321. The topological polar surface area (TPSA) is 47.8 Å². The van der Waals surface area contributed by atoms with Gasteiger partial charge in [0.1, 0.15) is 5.82 Å². The van der Waals surface area contributed by atoms with Crippen molar-refractivity contribution in [2.75, 3.05) is 0 Å². The predicted octanol–water partition coefficient (Wildman–Crippen LogP) is 4.61. The van der Waals surface area contributed by atoms with Crippen molar-refractivity contribution in [3.8, 4) is 11.3 Å². The number of aromatic nitrogens is 3. The smallest absolute Gasteiger partial charge is 0.268 e. The van der Waals surface area contributed by atoms with Crippen LogP contribution in [-0.2, 0) is 6.54 Å². The highest BCUT2D eigenvalue weighted by Gasteiger charge is 2.09. The van der Waals surface area contributed by atoms with E-state index in [9.17, 15) is 9.18 Å². The summed E-state index contributed by atoms with van der Waals surface area (Å²) in [4.78, 5) is 16.9. The van der Waals surface area contributed by atoms with Crippen molar-refractivity contribution < 1.29 is 4.39 Å². The van der Waals surface area contributed by atoms with Gasteiger partial charge in [-0.15, -0.1) is 0 Å². The molecule has 4 nitrogen and oxygen atoms in total. The third kappa shape index (κ3) is 3.59. The standard InChI is InChI=1S/C21H15ClFN3O/c1-13-8-20(16-9-15-10-18(23)6-7-19(15)24-11-16)25-26(21(13)27)12-14-2-4-17(22)5-3-14/h2-11H,12H2,1H3. The lowest BCUT2D eigenvalue weighted by molar-refractivity contribution is 0.629. The van der Waals surface area contributed by atoms with E-state index in [0.29, 0.717) is 33.7 Å². The number of rotatable bonds is 3. The van der Waals surface area contributed by atoms with Crippen LogP contribution < -0.4 is 5.56 Å². The van der Waals surface area contributed by atoms with Crippen molar-refractivity contribution >= 4 is 22.5 Å². The van der Waals surface area contributed by atoms with Gasteiger partial charge in [-0.1, -0.05) is 23.7 Å². The summed E-state index contributed by atoms with van der Waals surface area (Å²) in [5, 5.41) is 5.81.